The van der Waals surface area contributed by atoms with E-state index >= 15 is 0 Å². The molecular formula is C15H24N4S. The van der Waals surface area contributed by atoms with Crippen LogP contribution in [0.15, 0.2) is 29.4 Å². The normalized spacial score (nSPS) is 20.3. The van der Waals surface area contributed by atoms with Gasteiger partial charge < -0.3 is 10.2 Å². The molecule has 1 aliphatic rings. The highest BCUT2D eigenvalue weighted by Crippen LogP contribution is 2.24. The summed E-state index contributed by atoms with van der Waals surface area (Å²) < 4.78 is 0. The molecule has 1 aliphatic heterocycles. The van der Waals surface area contributed by atoms with Crippen molar-refractivity contribution in [2.24, 2.45) is 10.9 Å². The van der Waals surface area contributed by atoms with Gasteiger partial charge in [0.2, 0.25) is 0 Å². The molecule has 0 bridgehead atoms. The van der Waals surface area contributed by atoms with E-state index in [9.17, 15) is 0 Å². The standard InChI is InChI=1S/C15H24N4S/c1-12(2)14-11-19(8-9-20-14)15(16-3)18-10-13-6-4-5-7-17-13/h4-7,12,14H,8-11H2,1-3H3,(H,16,18). The molecule has 2 heterocycles. The lowest BCUT2D eigenvalue weighted by Crippen LogP contribution is -2.48. The number of pyridine rings is 1. The third kappa shape index (κ3) is 4.13. The Morgan fingerprint density at radius 1 is 1.55 bits per heavy atom. The number of aromatic nitrogens is 1. The third-order valence-corrected chi connectivity index (χ3v) is 5.04. The number of guanidine groups is 1. The highest BCUT2D eigenvalue weighted by Gasteiger charge is 2.24. The average Bonchev–Trinajstić information content (AvgIpc) is 2.49. The number of nitrogens with zero attached hydrogens (tertiary/aromatic N) is 3. The molecule has 1 N–H and O–H groups in total. The van der Waals surface area contributed by atoms with E-state index in [0.29, 0.717) is 11.2 Å². The Bertz CT molecular complexity index is 433. The molecule has 1 fully saturated rings. The number of thioether (sulfide) groups is 1. The molecule has 0 spiro atoms. The number of aliphatic imine (C=N–C) groups is 1. The molecule has 2 rings (SSSR count). The van der Waals surface area contributed by atoms with Crippen molar-refractivity contribution in [3.05, 3.63) is 30.1 Å². The molecule has 0 aliphatic carbocycles. The minimum absolute atomic E-state index is 0.692. The van der Waals surface area contributed by atoms with E-state index in [1.54, 1.807) is 0 Å². The first-order chi connectivity index (χ1) is 9.70. The molecule has 1 atom stereocenters. The molecule has 0 amide bonds. The highest BCUT2D eigenvalue weighted by molar-refractivity contribution is 8.00. The van der Waals surface area contributed by atoms with Crippen molar-refractivity contribution < 1.29 is 0 Å². The van der Waals surface area contributed by atoms with Crippen molar-refractivity contribution in [2.45, 2.75) is 25.6 Å². The maximum atomic E-state index is 4.41. The van der Waals surface area contributed by atoms with Crippen LogP contribution in [0.1, 0.15) is 19.5 Å². The van der Waals surface area contributed by atoms with Gasteiger partial charge in [-0.15, -0.1) is 0 Å². The second-order valence-corrected chi connectivity index (χ2v) is 6.67. The van der Waals surface area contributed by atoms with Crippen LogP contribution >= 0.6 is 11.8 Å². The molecule has 0 aromatic carbocycles. The lowest BCUT2D eigenvalue weighted by Gasteiger charge is -2.36. The molecule has 1 unspecified atom stereocenters. The van der Waals surface area contributed by atoms with Crippen molar-refractivity contribution in [1.82, 2.24) is 15.2 Å². The van der Waals surface area contributed by atoms with Crippen molar-refractivity contribution in [1.29, 1.82) is 0 Å². The first-order valence-corrected chi connectivity index (χ1v) is 8.22. The summed E-state index contributed by atoms with van der Waals surface area (Å²) in [5.74, 6) is 2.87. The summed E-state index contributed by atoms with van der Waals surface area (Å²) in [6, 6.07) is 5.98. The van der Waals surface area contributed by atoms with Gasteiger partial charge in [-0.3, -0.25) is 9.98 Å². The highest BCUT2D eigenvalue weighted by atomic mass is 32.2. The van der Waals surface area contributed by atoms with E-state index in [0.717, 1.165) is 31.3 Å². The van der Waals surface area contributed by atoms with Gasteiger partial charge in [0, 0.05) is 37.3 Å². The molecule has 1 aromatic heterocycles. The summed E-state index contributed by atoms with van der Waals surface area (Å²) in [5, 5.41) is 4.11. The molecular weight excluding hydrogens is 268 g/mol. The summed E-state index contributed by atoms with van der Waals surface area (Å²) in [6.45, 7) is 7.46. The van der Waals surface area contributed by atoms with Gasteiger partial charge >= 0.3 is 0 Å². The molecule has 4 nitrogen and oxygen atoms in total. The van der Waals surface area contributed by atoms with Crippen LogP contribution in [-0.2, 0) is 6.54 Å². The zero-order valence-electron chi connectivity index (χ0n) is 12.5. The second-order valence-electron chi connectivity index (χ2n) is 5.32. The summed E-state index contributed by atoms with van der Waals surface area (Å²) in [7, 11) is 1.85. The first-order valence-electron chi connectivity index (χ1n) is 7.18. The first kappa shape index (κ1) is 15.2. The van der Waals surface area contributed by atoms with Crippen molar-refractivity contribution in [3.8, 4) is 0 Å². The van der Waals surface area contributed by atoms with Crippen LogP contribution in [-0.4, -0.2) is 47.0 Å². The molecule has 0 saturated carbocycles. The van der Waals surface area contributed by atoms with Crippen LogP contribution in [0.5, 0.6) is 0 Å². The lowest BCUT2D eigenvalue weighted by molar-refractivity contribution is 0.380. The Hall–Kier alpha value is -1.23. The monoisotopic (exact) mass is 292 g/mol. The van der Waals surface area contributed by atoms with Crippen molar-refractivity contribution in [2.75, 3.05) is 25.9 Å². The van der Waals surface area contributed by atoms with Crippen LogP contribution in [0.3, 0.4) is 0 Å². The van der Waals surface area contributed by atoms with E-state index < -0.39 is 0 Å². The van der Waals surface area contributed by atoms with Gasteiger partial charge in [-0.1, -0.05) is 19.9 Å². The molecule has 5 heteroatoms. The zero-order valence-corrected chi connectivity index (χ0v) is 13.4. The van der Waals surface area contributed by atoms with Gasteiger partial charge in [-0.25, -0.2) is 0 Å². The van der Waals surface area contributed by atoms with Crippen molar-refractivity contribution >= 4 is 17.7 Å². The number of nitrogens with one attached hydrogen (secondary N) is 1. The Labute approximate surface area is 126 Å². The van der Waals surface area contributed by atoms with E-state index in [-0.39, 0.29) is 0 Å². The second kappa shape index (κ2) is 7.53. The van der Waals surface area contributed by atoms with E-state index in [4.69, 9.17) is 0 Å². The number of rotatable bonds is 3. The summed E-state index contributed by atoms with van der Waals surface area (Å²) in [4.78, 5) is 11.1. The van der Waals surface area contributed by atoms with Gasteiger partial charge in [-0.2, -0.15) is 11.8 Å². The van der Waals surface area contributed by atoms with E-state index in [2.05, 4.69) is 45.8 Å². The fraction of sp³-hybridized carbons (Fsp3) is 0.600. The van der Waals surface area contributed by atoms with Gasteiger partial charge in [-0.05, 0) is 18.1 Å². The largest absolute Gasteiger partial charge is 0.351 e. The van der Waals surface area contributed by atoms with Crippen LogP contribution in [0.4, 0.5) is 0 Å². The van der Waals surface area contributed by atoms with E-state index in [1.807, 2.05) is 31.4 Å². The van der Waals surface area contributed by atoms with Crippen molar-refractivity contribution in [3.63, 3.8) is 0 Å². The SMILES string of the molecule is CN=C(NCc1ccccn1)N1CCSC(C(C)C)C1. The van der Waals surface area contributed by atoms with E-state index in [1.165, 1.54) is 5.75 Å². The Morgan fingerprint density at radius 3 is 3.05 bits per heavy atom. The quantitative estimate of drug-likeness (QED) is 0.685. The molecule has 20 heavy (non-hydrogen) atoms. The predicted molar refractivity (Wildman–Crippen MR) is 87.1 cm³/mol. The molecule has 1 aromatic rings. The van der Waals surface area contributed by atoms with Gasteiger partial charge in [0.05, 0.1) is 12.2 Å². The fourth-order valence-electron chi connectivity index (χ4n) is 2.28. The minimum Gasteiger partial charge on any atom is -0.351 e. The minimum atomic E-state index is 0.692. The number of hydrogen-bond donors (Lipinski definition) is 1. The number of hydrogen-bond acceptors (Lipinski definition) is 3. The van der Waals surface area contributed by atoms with Gasteiger partial charge in [0.25, 0.3) is 0 Å². The Kier molecular flexibility index (Phi) is 5.71. The van der Waals surface area contributed by atoms with Crippen LogP contribution in [0.25, 0.3) is 0 Å². The maximum Gasteiger partial charge on any atom is 0.194 e. The maximum absolute atomic E-state index is 4.41. The Balaban J connectivity index is 1.91. The summed E-state index contributed by atoms with van der Waals surface area (Å²) in [5.41, 5.74) is 1.04. The zero-order chi connectivity index (χ0) is 14.4. The van der Waals surface area contributed by atoms with Crippen LogP contribution in [0.2, 0.25) is 0 Å². The van der Waals surface area contributed by atoms with Gasteiger partial charge in [0.1, 0.15) is 0 Å². The summed E-state index contributed by atoms with van der Waals surface area (Å²) >= 11 is 2.08. The predicted octanol–water partition coefficient (Wildman–Crippen LogP) is 2.23. The third-order valence-electron chi connectivity index (χ3n) is 3.50. The van der Waals surface area contributed by atoms with Crippen LogP contribution in [0, 0.1) is 5.92 Å². The molecule has 110 valence electrons. The topological polar surface area (TPSA) is 40.5 Å². The average molecular weight is 292 g/mol. The van der Waals surface area contributed by atoms with Gasteiger partial charge in [0.15, 0.2) is 5.96 Å². The summed E-state index contributed by atoms with van der Waals surface area (Å²) in [6.07, 6.45) is 1.83. The fourth-order valence-corrected chi connectivity index (χ4v) is 3.57. The molecule has 1 saturated heterocycles. The molecule has 0 radical (unpaired) electrons. The lowest BCUT2D eigenvalue weighted by atomic mass is 10.1. The Morgan fingerprint density at radius 2 is 2.40 bits per heavy atom. The van der Waals surface area contributed by atoms with Crippen LogP contribution < -0.4 is 5.32 Å². The smallest absolute Gasteiger partial charge is 0.194 e.